The molecule has 4 nitrogen and oxygen atoms in total. The molecule has 0 aliphatic heterocycles. The van der Waals surface area contributed by atoms with E-state index in [9.17, 15) is 4.79 Å². The average molecular weight is 287 g/mol. The first-order valence-electron chi connectivity index (χ1n) is 7.57. The second-order valence-electron chi connectivity index (χ2n) is 6.06. The SMILES string of the molecule is CC(C)NCc1cn(CC(=O)NC(C)C)c2ccccc12. The second kappa shape index (κ2) is 6.76. The molecule has 4 heteroatoms. The number of benzene rings is 1. The van der Waals surface area contributed by atoms with Crippen molar-refractivity contribution in [3.05, 3.63) is 36.0 Å². The fourth-order valence-electron chi connectivity index (χ4n) is 2.43. The van der Waals surface area contributed by atoms with E-state index in [0.717, 1.165) is 12.1 Å². The van der Waals surface area contributed by atoms with Crippen LogP contribution in [-0.4, -0.2) is 22.6 Å². The van der Waals surface area contributed by atoms with Gasteiger partial charge in [-0.05, 0) is 25.5 Å². The molecule has 2 N–H and O–H groups in total. The second-order valence-corrected chi connectivity index (χ2v) is 6.06. The molecule has 0 fully saturated rings. The molecule has 0 saturated carbocycles. The van der Waals surface area contributed by atoms with Crippen LogP contribution in [0.15, 0.2) is 30.5 Å². The Morgan fingerprint density at radius 1 is 1.14 bits per heavy atom. The van der Waals surface area contributed by atoms with Gasteiger partial charge in [-0.15, -0.1) is 0 Å². The molecular formula is C17H25N3O. The van der Waals surface area contributed by atoms with E-state index < -0.39 is 0 Å². The zero-order chi connectivity index (χ0) is 15.4. The van der Waals surface area contributed by atoms with E-state index in [4.69, 9.17) is 0 Å². The van der Waals surface area contributed by atoms with Crippen LogP contribution in [0.2, 0.25) is 0 Å². The number of carbonyl (C=O) groups is 1. The summed E-state index contributed by atoms with van der Waals surface area (Å²) in [4.78, 5) is 12.0. The molecule has 1 amide bonds. The smallest absolute Gasteiger partial charge is 0.240 e. The third-order valence-corrected chi connectivity index (χ3v) is 3.34. The summed E-state index contributed by atoms with van der Waals surface area (Å²) in [5.74, 6) is 0.0501. The van der Waals surface area contributed by atoms with Gasteiger partial charge in [-0.2, -0.15) is 0 Å². The summed E-state index contributed by atoms with van der Waals surface area (Å²) in [5, 5.41) is 7.59. The molecule has 0 bridgehead atoms. The lowest BCUT2D eigenvalue weighted by atomic mass is 10.2. The van der Waals surface area contributed by atoms with Gasteiger partial charge in [0.25, 0.3) is 0 Å². The Morgan fingerprint density at radius 3 is 2.52 bits per heavy atom. The van der Waals surface area contributed by atoms with Crippen LogP contribution < -0.4 is 10.6 Å². The summed E-state index contributed by atoms with van der Waals surface area (Å²) in [6.45, 7) is 9.40. The van der Waals surface area contributed by atoms with Gasteiger partial charge in [-0.25, -0.2) is 0 Å². The quantitative estimate of drug-likeness (QED) is 0.858. The number of hydrogen-bond donors (Lipinski definition) is 2. The van der Waals surface area contributed by atoms with E-state index in [2.05, 4.69) is 42.8 Å². The first-order chi connectivity index (χ1) is 9.97. The largest absolute Gasteiger partial charge is 0.352 e. The molecule has 1 aromatic heterocycles. The Kier molecular flexibility index (Phi) is 5.02. The Balaban J connectivity index is 2.25. The van der Waals surface area contributed by atoms with E-state index in [1.54, 1.807) is 0 Å². The van der Waals surface area contributed by atoms with Crippen LogP contribution in [0.1, 0.15) is 33.3 Å². The molecule has 0 spiro atoms. The highest BCUT2D eigenvalue weighted by atomic mass is 16.2. The van der Waals surface area contributed by atoms with E-state index in [-0.39, 0.29) is 11.9 Å². The lowest BCUT2D eigenvalue weighted by molar-refractivity contribution is -0.122. The summed E-state index contributed by atoms with van der Waals surface area (Å²) in [5.41, 5.74) is 2.34. The first kappa shape index (κ1) is 15.6. The minimum atomic E-state index is 0.0501. The fourth-order valence-corrected chi connectivity index (χ4v) is 2.43. The third-order valence-electron chi connectivity index (χ3n) is 3.34. The molecular weight excluding hydrogens is 262 g/mol. The number of carbonyl (C=O) groups excluding carboxylic acids is 1. The number of rotatable bonds is 6. The number of aromatic nitrogens is 1. The van der Waals surface area contributed by atoms with Crippen molar-refractivity contribution in [2.24, 2.45) is 0 Å². The number of fused-ring (bicyclic) bond motifs is 1. The molecule has 114 valence electrons. The zero-order valence-electron chi connectivity index (χ0n) is 13.3. The molecule has 0 saturated heterocycles. The first-order valence-corrected chi connectivity index (χ1v) is 7.57. The molecule has 0 unspecified atom stereocenters. The van der Waals surface area contributed by atoms with Gasteiger partial charge >= 0.3 is 0 Å². The van der Waals surface area contributed by atoms with Crippen LogP contribution >= 0.6 is 0 Å². The molecule has 2 rings (SSSR count). The molecule has 2 aromatic rings. The predicted molar refractivity (Wildman–Crippen MR) is 87.2 cm³/mol. The van der Waals surface area contributed by atoms with E-state index in [1.165, 1.54) is 10.9 Å². The van der Waals surface area contributed by atoms with Crippen molar-refractivity contribution in [3.8, 4) is 0 Å². The lowest BCUT2D eigenvalue weighted by Crippen LogP contribution is -2.32. The van der Waals surface area contributed by atoms with Crippen LogP contribution in [0, 0.1) is 0 Å². The summed E-state index contributed by atoms with van der Waals surface area (Å²) >= 11 is 0. The minimum absolute atomic E-state index is 0.0501. The summed E-state index contributed by atoms with van der Waals surface area (Å²) in [6, 6.07) is 8.84. The number of nitrogens with zero attached hydrogens (tertiary/aromatic N) is 1. The van der Waals surface area contributed by atoms with Gasteiger partial charge in [-0.3, -0.25) is 4.79 Å². The summed E-state index contributed by atoms with van der Waals surface area (Å²) in [7, 11) is 0. The van der Waals surface area contributed by atoms with Crippen LogP contribution in [0.4, 0.5) is 0 Å². The van der Waals surface area contributed by atoms with E-state index in [0.29, 0.717) is 12.6 Å². The molecule has 1 heterocycles. The highest BCUT2D eigenvalue weighted by Gasteiger charge is 2.11. The fraction of sp³-hybridized carbons (Fsp3) is 0.471. The van der Waals surface area contributed by atoms with Crippen molar-refractivity contribution in [1.29, 1.82) is 0 Å². The predicted octanol–water partition coefficient (Wildman–Crippen LogP) is 2.66. The van der Waals surface area contributed by atoms with Gasteiger partial charge in [0.1, 0.15) is 6.54 Å². The Bertz CT molecular complexity index is 614. The summed E-state index contributed by atoms with van der Waals surface area (Å²) < 4.78 is 2.03. The van der Waals surface area contributed by atoms with Crippen molar-refractivity contribution in [3.63, 3.8) is 0 Å². The van der Waals surface area contributed by atoms with Crippen molar-refractivity contribution >= 4 is 16.8 Å². The van der Waals surface area contributed by atoms with Gasteiger partial charge in [0, 0.05) is 35.7 Å². The Morgan fingerprint density at radius 2 is 1.86 bits per heavy atom. The van der Waals surface area contributed by atoms with E-state index in [1.807, 2.05) is 30.5 Å². The molecule has 0 atom stereocenters. The highest BCUT2D eigenvalue weighted by molar-refractivity contribution is 5.86. The Labute approximate surface area is 126 Å². The molecule has 1 aromatic carbocycles. The standard InChI is InChI=1S/C17H25N3O/c1-12(2)18-9-14-10-20(11-17(21)19-13(3)4)16-8-6-5-7-15(14)16/h5-8,10,12-13,18H,9,11H2,1-4H3,(H,19,21). The van der Waals surface area contributed by atoms with Gasteiger partial charge in [0.05, 0.1) is 0 Å². The van der Waals surface area contributed by atoms with Crippen LogP contribution in [0.25, 0.3) is 10.9 Å². The normalized spacial score (nSPS) is 11.5. The number of para-hydroxylation sites is 1. The number of hydrogen-bond acceptors (Lipinski definition) is 2. The zero-order valence-corrected chi connectivity index (χ0v) is 13.3. The van der Waals surface area contributed by atoms with Crippen molar-refractivity contribution in [1.82, 2.24) is 15.2 Å². The number of amides is 1. The van der Waals surface area contributed by atoms with Gasteiger partial charge in [-0.1, -0.05) is 32.0 Å². The molecule has 0 radical (unpaired) electrons. The number of nitrogens with one attached hydrogen (secondary N) is 2. The maximum Gasteiger partial charge on any atom is 0.240 e. The van der Waals surface area contributed by atoms with Gasteiger partial charge in [0.2, 0.25) is 5.91 Å². The topological polar surface area (TPSA) is 46.1 Å². The average Bonchev–Trinajstić information content (AvgIpc) is 2.74. The monoisotopic (exact) mass is 287 g/mol. The lowest BCUT2D eigenvalue weighted by Gasteiger charge is -2.09. The van der Waals surface area contributed by atoms with Gasteiger partial charge in [0.15, 0.2) is 0 Å². The van der Waals surface area contributed by atoms with Crippen molar-refractivity contribution < 1.29 is 4.79 Å². The van der Waals surface area contributed by atoms with Crippen LogP contribution in [-0.2, 0) is 17.9 Å². The highest BCUT2D eigenvalue weighted by Crippen LogP contribution is 2.21. The molecule has 0 aliphatic rings. The van der Waals surface area contributed by atoms with Crippen molar-refractivity contribution in [2.75, 3.05) is 0 Å². The summed E-state index contributed by atoms with van der Waals surface area (Å²) in [6.07, 6.45) is 2.08. The Hall–Kier alpha value is -1.81. The maximum atomic E-state index is 12.0. The van der Waals surface area contributed by atoms with E-state index >= 15 is 0 Å². The maximum absolute atomic E-state index is 12.0. The minimum Gasteiger partial charge on any atom is -0.352 e. The third kappa shape index (κ3) is 4.08. The van der Waals surface area contributed by atoms with Crippen LogP contribution in [0.5, 0.6) is 0 Å². The molecule has 0 aliphatic carbocycles. The van der Waals surface area contributed by atoms with Crippen molar-refractivity contribution in [2.45, 2.75) is 52.9 Å². The van der Waals surface area contributed by atoms with Crippen LogP contribution in [0.3, 0.4) is 0 Å². The molecule has 21 heavy (non-hydrogen) atoms. The van der Waals surface area contributed by atoms with Gasteiger partial charge < -0.3 is 15.2 Å².